The number of nitrogens with one attached hydrogen (secondary N) is 1. The molecule has 0 saturated carbocycles. The number of benzene rings is 3. The topological polar surface area (TPSA) is 66.5 Å². The largest absolute Gasteiger partial charge is 0.322 e. The maximum absolute atomic E-state index is 13.3. The minimum Gasteiger partial charge on any atom is -0.322 e. The fraction of sp³-hybridized carbons (Fsp3) is 0.208. The third-order valence-corrected chi connectivity index (χ3v) is 7.70. The van der Waals surface area contributed by atoms with Crippen molar-refractivity contribution in [2.24, 2.45) is 0 Å². The second kappa shape index (κ2) is 8.02. The van der Waals surface area contributed by atoms with Crippen molar-refractivity contribution < 1.29 is 13.2 Å². The normalized spacial score (nSPS) is 15.6. The Morgan fingerprint density at radius 1 is 1.03 bits per heavy atom. The van der Waals surface area contributed by atoms with E-state index in [1.165, 1.54) is 16.4 Å². The highest BCUT2D eigenvalue weighted by Crippen LogP contribution is 2.37. The van der Waals surface area contributed by atoms with Gasteiger partial charge in [-0.25, -0.2) is 8.42 Å². The Kier molecular flexibility index (Phi) is 5.54. The van der Waals surface area contributed by atoms with Crippen molar-refractivity contribution in [1.29, 1.82) is 0 Å². The fourth-order valence-electron chi connectivity index (χ4n) is 3.90. The van der Waals surface area contributed by atoms with Gasteiger partial charge in [0.2, 0.25) is 0 Å². The molecule has 0 bridgehead atoms. The van der Waals surface area contributed by atoms with Gasteiger partial charge in [-0.3, -0.25) is 9.10 Å². The Morgan fingerprint density at radius 3 is 2.45 bits per heavy atom. The lowest BCUT2D eigenvalue weighted by Crippen LogP contribution is -2.35. The Bertz CT molecular complexity index is 1270. The molecule has 1 atom stereocenters. The Labute approximate surface area is 187 Å². The molecule has 1 amide bonds. The molecular weight excluding hydrogens is 432 g/mol. The van der Waals surface area contributed by atoms with Crippen LogP contribution in [0, 0.1) is 13.8 Å². The number of sulfonamides is 1. The van der Waals surface area contributed by atoms with E-state index in [2.05, 4.69) is 5.32 Å². The van der Waals surface area contributed by atoms with Crippen LogP contribution in [-0.4, -0.2) is 20.4 Å². The Morgan fingerprint density at radius 2 is 1.74 bits per heavy atom. The van der Waals surface area contributed by atoms with Crippen LogP contribution >= 0.6 is 11.6 Å². The molecule has 0 aliphatic carbocycles. The summed E-state index contributed by atoms with van der Waals surface area (Å²) in [5.41, 5.74) is 4.74. The molecule has 0 unspecified atom stereocenters. The van der Waals surface area contributed by atoms with E-state index < -0.39 is 10.0 Å². The molecule has 0 fully saturated rings. The molecule has 0 saturated heterocycles. The average molecular weight is 455 g/mol. The highest BCUT2D eigenvalue weighted by molar-refractivity contribution is 7.92. The van der Waals surface area contributed by atoms with E-state index in [4.69, 9.17) is 11.6 Å². The molecule has 3 aromatic rings. The number of rotatable bonds is 4. The van der Waals surface area contributed by atoms with Crippen molar-refractivity contribution in [2.45, 2.75) is 38.1 Å². The van der Waals surface area contributed by atoms with E-state index in [0.717, 1.165) is 22.4 Å². The van der Waals surface area contributed by atoms with Crippen molar-refractivity contribution in [3.8, 4) is 0 Å². The number of nitrogens with zero attached hydrogens (tertiary/aromatic N) is 1. The lowest BCUT2D eigenvalue weighted by Gasteiger charge is -2.24. The monoisotopic (exact) mass is 454 g/mol. The Hall–Kier alpha value is -2.83. The average Bonchev–Trinajstić information content (AvgIpc) is 3.06. The maximum Gasteiger partial charge on any atom is 0.264 e. The second-order valence-electron chi connectivity index (χ2n) is 7.92. The predicted molar refractivity (Wildman–Crippen MR) is 125 cm³/mol. The SMILES string of the molecule is Cc1ccc(C)c(NC(=O)c2ccc3c(c2)C[C@H](C)N3S(=O)(=O)c2ccc(Cl)cc2)c1. The molecule has 1 N–H and O–H groups in total. The molecule has 3 aromatic carbocycles. The number of fused-ring (bicyclic) bond motifs is 1. The van der Waals surface area contributed by atoms with Gasteiger partial charge in [0.25, 0.3) is 15.9 Å². The van der Waals surface area contributed by atoms with Crippen LogP contribution < -0.4 is 9.62 Å². The Balaban J connectivity index is 1.64. The van der Waals surface area contributed by atoms with Gasteiger partial charge in [0.15, 0.2) is 0 Å². The van der Waals surface area contributed by atoms with Gasteiger partial charge in [0.1, 0.15) is 0 Å². The molecule has 160 valence electrons. The molecule has 1 aliphatic heterocycles. The minimum atomic E-state index is -3.74. The molecule has 4 rings (SSSR count). The zero-order valence-electron chi connectivity index (χ0n) is 17.5. The van der Waals surface area contributed by atoms with Crippen LogP contribution in [0.4, 0.5) is 11.4 Å². The first kappa shape index (κ1) is 21.4. The summed E-state index contributed by atoms with van der Waals surface area (Å²) in [7, 11) is -3.74. The first-order valence-corrected chi connectivity index (χ1v) is 11.8. The van der Waals surface area contributed by atoms with E-state index in [1.54, 1.807) is 30.3 Å². The van der Waals surface area contributed by atoms with E-state index in [1.807, 2.05) is 39.0 Å². The van der Waals surface area contributed by atoms with E-state index in [9.17, 15) is 13.2 Å². The van der Waals surface area contributed by atoms with Crippen molar-refractivity contribution >= 4 is 38.9 Å². The third-order valence-electron chi connectivity index (χ3n) is 5.51. The van der Waals surface area contributed by atoms with Crippen molar-refractivity contribution in [2.75, 3.05) is 9.62 Å². The molecule has 0 aromatic heterocycles. The lowest BCUT2D eigenvalue weighted by molar-refractivity contribution is 0.102. The van der Waals surface area contributed by atoms with Gasteiger partial charge < -0.3 is 5.32 Å². The predicted octanol–water partition coefficient (Wildman–Crippen LogP) is 5.35. The summed E-state index contributed by atoms with van der Waals surface area (Å²) >= 11 is 5.91. The van der Waals surface area contributed by atoms with Crippen LogP contribution in [0.3, 0.4) is 0 Å². The molecule has 1 aliphatic rings. The summed E-state index contributed by atoms with van der Waals surface area (Å²) in [6.45, 7) is 5.78. The second-order valence-corrected chi connectivity index (χ2v) is 10.2. The fourth-order valence-corrected chi connectivity index (χ4v) is 5.71. The van der Waals surface area contributed by atoms with E-state index >= 15 is 0 Å². The summed E-state index contributed by atoms with van der Waals surface area (Å²) < 4.78 is 27.9. The third kappa shape index (κ3) is 4.05. The number of hydrogen-bond acceptors (Lipinski definition) is 3. The van der Waals surface area contributed by atoms with Gasteiger partial charge in [-0.15, -0.1) is 0 Å². The number of carbonyl (C=O) groups excluding carboxylic acids is 1. The number of anilines is 2. The van der Waals surface area contributed by atoms with Crippen LogP contribution in [0.2, 0.25) is 5.02 Å². The summed E-state index contributed by atoms with van der Waals surface area (Å²) in [5.74, 6) is -0.219. The molecule has 1 heterocycles. The molecule has 31 heavy (non-hydrogen) atoms. The smallest absolute Gasteiger partial charge is 0.264 e. The van der Waals surface area contributed by atoms with Crippen molar-refractivity contribution in [3.05, 3.63) is 87.9 Å². The highest BCUT2D eigenvalue weighted by atomic mass is 35.5. The van der Waals surface area contributed by atoms with Crippen LogP contribution in [0.1, 0.15) is 34.0 Å². The van der Waals surface area contributed by atoms with Gasteiger partial charge >= 0.3 is 0 Å². The van der Waals surface area contributed by atoms with Crippen LogP contribution in [-0.2, 0) is 16.4 Å². The first-order valence-electron chi connectivity index (χ1n) is 9.98. The van der Waals surface area contributed by atoms with Crippen LogP contribution in [0.25, 0.3) is 0 Å². The highest BCUT2D eigenvalue weighted by Gasteiger charge is 2.36. The summed E-state index contributed by atoms with van der Waals surface area (Å²) in [6.07, 6.45) is 0.534. The van der Waals surface area contributed by atoms with Gasteiger partial charge in [-0.1, -0.05) is 23.7 Å². The van der Waals surface area contributed by atoms with Crippen LogP contribution in [0.5, 0.6) is 0 Å². The van der Waals surface area contributed by atoms with Gasteiger partial charge in [-0.2, -0.15) is 0 Å². The number of amides is 1. The number of aryl methyl sites for hydroxylation is 2. The van der Waals surface area contributed by atoms with Crippen molar-refractivity contribution in [3.63, 3.8) is 0 Å². The first-order chi connectivity index (χ1) is 14.7. The zero-order valence-corrected chi connectivity index (χ0v) is 19.1. The molecular formula is C24H23ClN2O3S. The molecule has 0 spiro atoms. The summed E-state index contributed by atoms with van der Waals surface area (Å²) in [5, 5.41) is 3.44. The zero-order chi connectivity index (χ0) is 22.3. The standard InChI is InChI=1S/C24H23ClN2O3S/c1-15-4-5-16(2)22(12-15)26-24(28)18-6-11-23-19(14-18)13-17(3)27(23)31(29,30)21-9-7-20(25)8-10-21/h4-12,14,17H,13H2,1-3H3,(H,26,28)/t17-/m0/s1. The van der Waals surface area contributed by atoms with E-state index in [-0.39, 0.29) is 16.8 Å². The minimum absolute atomic E-state index is 0.188. The number of hydrogen-bond donors (Lipinski definition) is 1. The quantitative estimate of drug-likeness (QED) is 0.577. The summed E-state index contributed by atoms with van der Waals surface area (Å²) in [6, 6.07) is 17.0. The van der Waals surface area contributed by atoms with Crippen LogP contribution in [0.15, 0.2) is 65.6 Å². The summed E-state index contributed by atoms with van der Waals surface area (Å²) in [4.78, 5) is 13.0. The number of carbonyl (C=O) groups is 1. The molecule has 7 heteroatoms. The van der Waals surface area contributed by atoms with Crippen molar-refractivity contribution in [1.82, 2.24) is 0 Å². The number of halogens is 1. The molecule has 0 radical (unpaired) electrons. The van der Waals surface area contributed by atoms with Gasteiger partial charge in [0, 0.05) is 22.3 Å². The maximum atomic E-state index is 13.3. The van der Waals surface area contributed by atoms with Gasteiger partial charge in [0.05, 0.1) is 10.6 Å². The van der Waals surface area contributed by atoms with Gasteiger partial charge in [-0.05, 0) is 92.4 Å². The van der Waals surface area contributed by atoms with E-state index in [0.29, 0.717) is 22.7 Å². The lowest BCUT2D eigenvalue weighted by atomic mass is 10.1. The molecule has 5 nitrogen and oxygen atoms in total.